The minimum absolute atomic E-state index is 0.187. The van der Waals surface area contributed by atoms with Gasteiger partial charge in [0.2, 0.25) is 11.1 Å². The van der Waals surface area contributed by atoms with Crippen LogP contribution in [-0.4, -0.2) is 17.1 Å². The van der Waals surface area contributed by atoms with E-state index in [2.05, 4.69) is 4.98 Å². The zero-order valence-electron chi connectivity index (χ0n) is 14.2. The molecule has 5 nitrogen and oxygen atoms in total. The Labute approximate surface area is 139 Å². The zero-order valence-corrected chi connectivity index (χ0v) is 14.2. The number of carbonyl (C=O) groups excluding carboxylic acids is 1. The highest BCUT2D eigenvalue weighted by molar-refractivity contribution is 5.96. The molecule has 0 aliphatic heterocycles. The summed E-state index contributed by atoms with van der Waals surface area (Å²) in [6, 6.07) is 7.06. The Hall–Kier alpha value is -2.69. The average Bonchev–Trinajstić information content (AvgIpc) is 2.53. The predicted molar refractivity (Wildman–Crippen MR) is 92.5 cm³/mol. The van der Waals surface area contributed by atoms with Gasteiger partial charge in [-0.15, -0.1) is 0 Å². The van der Waals surface area contributed by atoms with Crippen molar-refractivity contribution >= 4 is 28.0 Å². The van der Waals surface area contributed by atoms with Crippen LogP contribution < -0.4 is 5.43 Å². The average molecular weight is 325 g/mol. The number of hydrogen-bond donors (Lipinski definition) is 0. The first-order chi connectivity index (χ1) is 11.4. The van der Waals surface area contributed by atoms with Gasteiger partial charge in [0.05, 0.1) is 28.1 Å². The van der Waals surface area contributed by atoms with E-state index in [1.54, 1.807) is 26.8 Å². The summed E-state index contributed by atoms with van der Waals surface area (Å²) in [5, 5.41) is 0.785. The maximum absolute atomic E-state index is 12.8. The number of ether oxygens (including phenoxy) is 1. The van der Waals surface area contributed by atoms with E-state index in [-0.39, 0.29) is 28.2 Å². The Morgan fingerprint density at radius 1 is 1.25 bits per heavy atom. The minimum Gasteiger partial charge on any atom is -0.459 e. The molecule has 3 rings (SSSR count). The molecule has 0 amide bonds. The van der Waals surface area contributed by atoms with Gasteiger partial charge in [0.1, 0.15) is 5.58 Å². The molecular formula is C19H19NO4. The van der Waals surface area contributed by atoms with Gasteiger partial charge < -0.3 is 9.15 Å². The topological polar surface area (TPSA) is 69.4 Å². The van der Waals surface area contributed by atoms with Gasteiger partial charge in [0, 0.05) is 0 Å². The lowest BCUT2D eigenvalue weighted by atomic mass is 10.1. The molecule has 2 aromatic heterocycles. The van der Waals surface area contributed by atoms with Crippen LogP contribution >= 0.6 is 0 Å². The van der Waals surface area contributed by atoms with Crippen LogP contribution in [0.4, 0.5) is 0 Å². The molecule has 0 aliphatic carbocycles. The van der Waals surface area contributed by atoms with E-state index < -0.39 is 5.97 Å². The molecule has 0 fully saturated rings. The Kier molecular flexibility index (Phi) is 4.09. The van der Waals surface area contributed by atoms with Gasteiger partial charge in [0.25, 0.3) is 0 Å². The Balaban J connectivity index is 2.27. The van der Waals surface area contributed by atoms with Gasteiger partial charge in [-0.05, 0) is 51.0 Å². The van der Waals surface area contributed by atoms with Gasteiger partial charge in [-0.25, -0.2) is 9.78 Å². The smallest absolute Gasteiger partial charge is 0.340 e. The van der Waals surface area contributed by atoms with E-state index in [1.807, 2.05) is 19.1 Å². The fourth-order valence-corrected chi connectivity index (χ4v) is 2.62. The number of nitrogens with zero attached hydrogens (tertiary/aromatic N) is 1. The van der Waals surface area contributed by atoms with E-state index >= 15 is 0 Å². The first kappa shape index (κ1) is 16.2. The van der Waals surface area contributed by atoms with Crippen LogP contribution in [-0.2, 0) is 11.2 Å². The lowest BCUT2D eigenvalue weighted by molar-refractivity contribution is 0.0376. The maximum Gasteiger partial charge on any atom is 0.340 e. The summed E-state index contributed by atoms with van der Waals surface area (Å²) in [5.74, 6) is -0.487. The van der Waals surface area contributed by atoms with Crippen LogP contribution in [0.2, 0.25) is 0 Å². The molecule has 0 bridgehead atoms. The Morgan fingerprint density at radius 2 is 2.00 bits per heavy atom. The van der Waals surface area contributed by atoms with Crippen molar-refractivity contribution in [2.75, 3.05) is 0 Å². The van der Waals surface area contributed by atoms with Crippen molar-refractivity contribution in [3.8, 4) is 0 Å². The zero-order chi connectivity index (χ0) is 17.4. The monoisotopic (exact) mass is 325 g/mol. The molecule has 0 saturated heterocycles. The SMILES string of the molecule is CCc1ccc2oc3nc(C)c(C(=O)OC(C)C)cc3c(=O)c2c1. The summed E-state index contributed by atoms with van der Waals surface area (Å²) in [7, 11) is 0. The van der Waals surface area contributed by atoms with E-state index in [4.69, 9.17) is 9.15 Å². The van der Waals surface area contributed by atoms with Gasteiger partial charge in [0.15, 0.2) is 0 Å². The number of rotatable bonds is 3. The van der Waals surface area contributed by atoms with Crippen molar-refractivity contribution in [3.63, 3.8) is 0 Å². The molecule has 0 spiro atoms. The molecular weight excluding hydrogens is 306 g/mol. The number of fused-ring (bicyclic) bond motifs is 2. The Bertz CT molecular complexity index is 1000. The first-order valence-corrected chi connectivity index (χ1v) is 7.98. The van der Waals surface area contributed by atoms with Crippen molar-refractivity contribution in [2.45, 2.75) is 40.2 Å². The lowest BCUT2D eigenvalue weighted by Crippen LogP contribution is -2.15. The van der Waals surface area contributed by atoms with Crippen molar-refractivity contribution in [1.29, 1.82) is 0 Å². The first-order valence-electron chi connectivity index (χ1n) is 7.98. The molecule has 124 valence electrons. The second kappa shape index (κ2) is 6.07. The number of benzene rings is 1. The highest BCUT2D eigenvalue weighted by Crippen LogP contribution is 2.21. The highest BCUT2D eigenvalue weighted by Gasteiger charge is 2.18. The largest absolute Gasteiger partial charge is 0.459 e. The summed E-state index contributed by atoms with van der Waals surface area (Å²) in [6.45, 7) is 7.27. The molecule has 3 aromatic rings. The predicted octanol–water partition coefficient (Wildman–Crippen LogP) is 3.78. The minimum atomic E-state index is -0.487. The highest BCUT2D eigenvalue weighted by atomic mass is 16.5. The van der Waals surface area contributed by atoms with Crippen molar-refractivity contribution in [1.82, 2.24) is 4.98 Å². The molecule has 0 unspecified atom stereocenters. The number of aryl methyl sites for hydroxylation is 2. The number of pyridine rings is 1. The van der Waals surface area contributed by atoms with E-state index in [0.29, 0.717) is 16.7 Å². The number of hydrogen-bond acceptors (Lipinski definition) is 5. The van der Waals surface area contributed by atoms with Gasteiger partial charge >= 0.3 is 5.97 Å². The maximum atomic E-state index is 12.8. The van der Waals surface area contributed by atoms with Crippen molar-refractivity contribution in [2.24, 2.45) is 0 Å². The van der Waals surface area contributed by atoms with Gasteiger partial charge in [-0.3, -0.25) is 4.79 Å². The molecule has 24 heavy (non-hydrogen) atoms. The van der Waals surface area contributed by atoms with Crippen LogP contribution in [0.25, 0.3) is 22.1 Å². The normalized spacial score (nSPS) is 11.4. The molecule has 1 aromatic carbocycles. The third kappa shape index (κ3) is 2.77. The van der Waals surface area contributed by atoms with Crippen LogP contribution in [0, 0.1) is 6.92 Å². The molecule has 0 atom stereocenters. The van der Waals surface area contributed by atoms with Crippen LogP contribution in [0.3, 0.4) is 0 Å². The second-order valence-electron chi connectivity index (χ2n) is 6.04. The van der Waals surface area contributed by atoms with E-state index in [1.165, 1.54) is 6.07 Å². The quantitative estimate of drug-likeness (QED) is 0.541. The summed E-state index contributed by atoms with van der Waals surface area (Å²) in [6.07, 6.45) is 0.582. The molecule has 5 heteroatoms. The van der Waals surface area contributed by atoms with Crippen LogP contribution in [0.15, 0.2) is 33.5 Å². The standard InChI is InChI=1S/C19H19NO4/c1-5-12-6-7-16-14(8-12)17(21)15-9-13(19(22)23-10(2)3)11(4)20-18(15)24-16/h6-10H,5H2,1-4H3. The van der Waals surface area contributed by atoms with Crippen molar-refractivity contribution in [3.05, 3.63) is 51.3 Å². The Morgan fingerprint density at radius 3 is 2.67 bits per heavy atom. The summed E-state index contributed by atoms with van der Waals surface area (Å²) >= 11 is 0. The number of esters is 1. The number of aromatic nitrogens is 1. The van der Waals surface area contributed by atoms with Gasteiger partial charge in [-0.2, -0.15) is 0 Å². The fourth-order valence-electron chi connectivity index (χ4n) is 2.62. The van der Waals surface area contributed by atoms with E-state index in [0.717, 1.165) is 12.0 Å². The molecule has 0 aliphatic rings. The van der Waals surface area contributed by atoms with Crippen LogP contribution in [0.1, 0.15) is 42.4 Å². The van der Waals surface area contributed by atoms with Crippen molar-refractivity contribution < 1.29 is 13.9 Å². The molecule has 0 N–H and O–H groups in total. The fraction of sp³-hybridized carbons (Fsp3) is 0.316. The van der Waals surface area contributed by atoms with E-state index in [9.17, 15) is 9.59 Å². The number of carbonyl (C=O) groups is 1. The summed E-state index contributed by atoms with van der Waals surface area (Å²) in [5.41, 5.74) is 2.35. The molecule has 0 radical (unpaired) electrons. The summed E-state index contributed by atoms with van der Waals surface area (Å²) in [4.78, 5) is 29.3. The second-order valence-corrected chi connectivity index (χ2v) is 6.04. The molecule has 2 heterocycles. The van der Waals surface area contributed by atoms with Crippen LogP contribution in [0.5, 0.6) is 0 Å². The third-order valence-electron chi connectivity index (χ3n) is 3.89. The third-order valence-corrected chi connectivity index (χ3v) is 3.89. The molecule has 0 saturated carbocycles. The lowest BCUT2D eigenvalue weighted by Gasteiger charge is -2.10. The van der Waals surface area contributed by atoms with Gasteiger partial charge in [-0.1, -0.05) is 13.0 Å². The summed E-state index contributed by atoms with van der Waals surface area (Å²) < 4.78 is 11.0.